The third-order valence-electron chi connectivity index (χ3n) is 3.91. The number of hydrogen-bond acceptors (Lipinski definition) is 4. The van der Waals surface area contributed by atoms with Crippen molar-refractivity contribution in [2.24, 2.45) is 0 Å². The molecule has 1 amide bonds. The second kappa shape index (κ2) is 7.38. The maximum atomic E-state index is 12.6. The molecule has 0 fully saturated rings. The molecule has 7 heteroatoms. The van der Waals surface area contributed by atoms with Gasteiger partial charge in [-0.05, 0) is 37.5 Å². The predicted octanol–water partition coefficient (Wildman–Crippen LogP) is 2.64. The average Bonchev–Trinajstić information content (AvgIpc) is 2.93. The van der Waals surface area contributed by atoms with Crippen molar-refractivity contribution in [1.82, 2.24) is 14.7 Å². The van der Waals surface area contributed by atoms with E-state index in [0.29, 0.717) is 11.6 Å². The van der Waals surface area contributed by atoms with Gasteiger partial charge < -0.3 is 15.1 Å². The van der Waals surface area contributed by atoms with Crippen LogP contribution in [0.3, 0.4) is 0 Å². The second-order valence-corrected chi connectivity index (χ2v) is 6.47. The van der Waals surface area contributed by atoms with Crippen LogP contribution in [0.2, 0.25) is 0 Å². The summed E-state index contributed by atoms with van der Waals surface area (Å²) in [5, 5.41) is 23.2. The first-order valence-corrected chi connectivity index (χ1v) is 8.12. The maximum absolute atomic E-state index is 12.6. The van der Waals surface area contributed by atoms with Gasteiger partial charge in [0.2, 0.25) is 0 Å². The van der Waals surface area contributed by atoms with E-state index < -0.39 is 18.4 Å². The van der Waals surface area contributed by atoms with Crippen LogP contribution in [0, 0.1) is 0 Å². The third-order valence-corrected chi connectivity index (χ3v) is 3.91. The van der Waals surface area contributed by atoms with Crippen LogP contribution >= 0.6 is 0 Å². The fraction of sp³-hybridized carbons (Fsp3) is 0.389. The predicted molar refractivity (Wildman–Crippen MR) is 93.1 cm³/mol. The van der Waals surface area contributed by atoms with Gasteiger partial charge >= 0.3 is 5.97 Å². The first-order valence-electron chi connectivity index (χ1n) is 8.12. The Morgan fingerprint density at radius 3 is 2.24 bits per heavy atom. The van der Waals surface area contributed by atoms with E-state index in [1.807, 2.05) is 24.3 Å². The van der Waals surface area contributed by atoms with E-state index in [1.54, 1.807) is 13.8 Å². The third kappa shape index (κ3) is 4.17. The van der Waals surface area contributed by atoms with E-state index in [2.05, 4.69) is 18.9 Å². The quantitative estimate of drug-likeness (QED) is 0.839. The van der Waals surface area contributed by atoms with Gasteiger partial charge in [-0.1, -0.05) is 26.0 Å². The van der Waals surface area contributed by atoms with Crippen LogP contribution < -0.4 is 0 Å². The van der Waals surface area contributed by atoms with Crippen LogP contribution in [-0.2, 0) is 4.79 Å². The molecule has 2 rings (SSSR count). The van der Waals surface area contributed by atoms with Crippen molar-refractivity contribution in [3.63, 3.8) is 0 Å². The van der Waals surface area contributed by atoms with Gasteiger partial charge in [0.15, 0.2) is 11.4 Å². The molecule has 0 aliphatic carbocycles. The number of rotatable bonds is 6. The second-order valence-electron chi connectivity index (χ2n) is 6.47. The number of nitrogens with zero attached hydrogens (tertiary/aromatic N) is 3. The molecule has 2 N–H and O–H groups in total. The molecule has 0 saturated heterocycles. The van der Waals surface area contributed by atoms with E-state index in [4.69, 9.17) is 5.11 Å². The molecule has 134 valence electrons. The highest BCUT2D eigenvalue weighted by Crippen LogP contribution is 2.22. The number of amides is 1. The van der Waals surface area contributed by atoms with E-state index in [-0.39, 0.29) is 17.5 Å². The van der Waals surface area contributed by atoms with E-state index in [1.165, 1.54) is 16.4 Å². The van der Waals surface area contributed by atoms with Gasteiger partial charge in [0, 0.05) is 6.04 Å². The van der Waals surface area contributed by atoms with Crippen molar-refractivity contribution < 1.29 is 19.8 Å². The molecule has 1 aromatic carbocycles. The van der Waals surface area contributed by atoms with Crippen LogP contribution in [0.25, 0.3) is 5.69 Å². The summed E-state index contributed by atoms with van der Waals surface area (Å²) in [6, 6.07) is 7.30. The van der Waals surface area contributed by atoms with Gasteiger partial charge in [0.05, 0.1) is 11.9 Å². The minimum atomic E-state index is -1.12. The molecular weight excluding hydrogens is 322 g/mol. The zero-order valence-electron chi connectivity index (χ0n) is 14.8. The number of aliphatic carboxylic acids is 1. The normalized spacial score (nSPS) is 11.1. The smallest absolute Gasteiger partial charge is 0.323 e. The van der Waals surface area contributed by atoms with Gasteiger partial charge in [-0.3, -0.25) is 9.59 Å². The molecule has 0 bridgehead atoms. The molecule has 7 nitrogen and oxygen atoms in total. The minimum absolute atomic E-state index is 0.164. The first kappa shape index (κ1) is 18.5. The van der Waals surface area contributed by atoms with Crippen molar-refractivity contribution >= 4 is 11.9 Å². The van der Waals surface area contributed by atoms with Gasteiger partial charge in [-0.2, -0.15) is 5.10 Å². The summed E-state index contributed by atoms with van der Waals surface area (Å²) >= 11 is 0. The zero-order chi connectivity index (χ0) is 18.7. The summed E-state index contributed by atoms with van der Waals surface area (Å²) in [6.07, 6.45) is 1.34. The van der Waals surface area contributed by atoms with Gasteiger partial charge in [0.25, 0.3) is 5.91 Å². The first-order chi connectivity index (χ1) is 11.7. The fourth-order valence-electron chi connectivity index (χ4n) is 2.43. The SMILES string of the molecule is CC(C)c1ccc(-n2cc(O)c(C(=O)N(CC(=O)O)C(C)C)n2)cc1. The molecule has 1 heterocycles. The Kier molecular flexibility index (Phi) is 5.46. The molecule has 0 atom stereocenters. The lowest BCUT2D eigenvalue weighted by molar-refractivity contribution is -0.138. The lowest BCUT2D eigenvalue weighted by Gasteiger charge is -2.23. The van der Waals surface area contributed by atoms with Crippen LogP contribution in [-0.4, -0.2) is 49.4 Å². The lowest BCUT2D eigenvalue weighted by atomic mass is 10.0. The Morgan fingerprint density at radius 1 is 1.16 bits per heavy atom. The highest BCUT2D eigenvalue weighted by atomic mass is 16.4. The van der Waals surface area contributed by atoms with E-state index in [9.17, 15) is 14.7 Å². The highest BCUT2D eigenvalue weighted by Gasteiger charge is 2.26. The Hall–Kier alpha value is -2.83. The van der Waals surface area contributed by atoms with Gasteiger partial charge in [0.1, 0.15) is 6.54 Å². The van der Waals surface area contributed by atoms with Gasteiger partial charge in [-0.25, -0.2) is 4.68 Å². The largest absolute Gasteiger partial charge is 0.504 e. The number of carbonyl (C=O) groups is 2. The summed E-state index contributed by atoms with van der Waals surface area (Å²) < 4.78 is 1.41. The molecule has 2 aromatic rings. The van der Waals surface area contributed by atoms with Gasteiger partial charge in [-0.15, -0.1) is 0 Å². The van der Waals surface area contributed by atoms with Crippen molar-refractivity contribution in [1.29, 1.82) is 0 Å². The van der Waals surface area contributed by atoms with E-state index >= 15 is 0 Å². The van der Waals surface area contributed by atoms with Crippen molar-refractivity contribution in [3.8, 4) is 11.4 Å². The number of hydrogen-bond donors (Lipinski definition) is 2. The number of aromatic hydroxyl groups is 1. The molecule has 0 saturated carbocycles. The zero-order valence-corrected chi connectivity index (χ0v) is 14.8. The topological polar surface area (TPSA) is 95.7 Å². The van der Waals surface area contributed by atoms with Crippen LogP contribution in [0.5, 0.6) is 5.75 Å². The molecular formula is C18H23N3O4. The summed E-state index contributed by atoms with van der Waals surface area (Å²) in [4.78, 5) is 24.7. The standard InChI is InChI=1S/C18H23N3O4/c1-11(2)13-5-7-14(8-6-13)21-9-15(22)17(19-21)18(25)20(12(3)4)10-16(23)24/h5-9,11-12,22H,10H2,1-4H3,(H,23,24). The summed E-state index contributed by atoms with van der Waals surface area (Å²) in [5.74, 6) is -1.63. The number of benzene rings is 1. The Labute approximate surface area is 146 Å². The summed E-state index contributed by atoms with van der Waals surface area (Å²) in [7, 11) is 0. The molecule has 0 aliphatic heterocycles. The van der Waals surface area contributed by atoms with Crippen LogP contribution in [0.15, 0.2) is 30.5 Å². The summed E-state index contributed by atoms with van der Waals surface area (Å²) in [6.45, 7) is 7.15. The van der Waals surface area contributed by atoms with Crippen LogP contribution in [0.4, 0.5) is 0 Å². The molecule has 0 radical (unpaired) electrons. The lowest BCUT2D eigenvalue weighted by Crippen LogP contribution is -2.40. The minimum Gasteiger partial charge on any atom is -0.504 e. The van der Waals surface area contributed by atoms with Crippen molar-refractivity contribution in [3.05, 3.63) is 41.7 Å². The molecule has 0 unspecified atom stereocenters. The average molecular weight is 345 g/mol. The maximum Gasteiger partial charge on any atom is 0.323 e. The number of carbonyl (C=O) groups excluding carboxylic acids is 1. The molecule has 25 heavy (non-hydrogen) atoms. The Balaban J connectivity index is 2.32. The monoisotopic (exact) mass is 345 g/mol. The van der Waals surface area contributed by atoms with Crippen LogP contribution in [0.1, 0.15) is 49.7 Å². The number of aromatic nitrogens is 2. The van der Waals surface area contributed by atoms with Crippen molar-refractivity contribution in [2.75, 3.05) is 6.54 Å². The number of carboxylic acids is 1. The number of carboxylic acid groups (broad SMARTS) is 1. The molecule has 0 aliphatic rings. The molecule has 0 spiro atoms. The van der Waals surface area contributed by atoms with Crippen molar-refractivity contribution in [2.45, 2.75) is 39.7 Å². The van der Waals surface area contributed by atoms with E-state index in [0.717, 1.165) is 4.90 Å². The Morgan fingerprint density at radius 2 is 1.76 bits per heavy atom. The summed E-state index contributed by atoms with van der Waals surface area (Å²) in [5.41, 5.74) is 1.71. The highest BCUT2D eigenvalue weighted by molar-refractivity contribution is 5.96. The Bertz CT molecular complexity index is 763. The molecule has 1 aromatic heterocycles. The fourth-order valence-corrected chi connectivity index (χ4v) is 2.43.